The average molecular weight is 409 g/mol. The van der Waals surface area contributed by atoms with Crippen molar-refractivity contribution >= 4 is 33.8 Å². The van der Waals surface area contributed by atoms with Gasteiger partial charge in [-0.15, -0.1) is 11.3 Å². The molecule has 0 aliphatic carbocycles. The summed E-state index contributed by atoms with van der Waals surface area (Å²) < 4.78 is 5.16. The molecule has 2 amide bonds. The number of hydrogen-bond donors (Lipinski definition) is 2. The standard InChI is InChI=1S/C23H24N2O3S/c1-15(2)13-20(26)25-23-21(19(14-29-23)16-7-5-4-6-8-16)22(27)24-17-9-11-18(28-3)12-10-17/h4-12,14-15H,13H2,1-3H3,(H,24,27)(H,25,26). The van der Waals surface area contributed by atoms with Crippen LogP contribution in [0, 0.1) is 5.92 Å². The van der Waals surface area contributed by atoms with Gasteiger partial charge in [-0.25, -0.2) is 0 Å². The van der Waals surface area contributed by atoms with E-state index in [4.69, 9.17) is 4.74 Å². The van der Waals surface area contributed by atoms with Crippen LogP contribution in [-0.4, -0.2) is 18.9 Å². The van der Waals surface area contributed by atoms with Crippen molar-refractivity contribution in [1.29, 1.82) is 0 Å². The summed E-state index contributed by atoms with van der Waals surface area (Å²) in [6, 6.07) is 16.8. The highest BCUT2D eigenvalue weighted by molar-refractivity contribution is 7.15. The number of anilines is 2. The summed E-state index contributed by atoms with van der Waals surface area (Å²) in [4.78, 5) is 25.5. The Morgan fingerprint density at radius 1 is 1.00 bits per heavy atom. The zero-order valence-electron chi connectivity index (χ0n) is 16.7. The van der Waals surface area contributed by atoms with Gasteiger partial charge in [-0.2, -0.15) is 0 Å². The van der Waals surface area contributed by atoms with Gasteiger partial charge in [-0.1, -0.05) is 44.2 Å². The van der Waals surface area contributed by atoms with Crippen molar-refractivity contribution in [3.63, 3.8) is 0 Å². The lowest BCUT2D eigenvalue weighted by atomic mass is 10.0. The maximum atomic E-state index is 13.2. The summed E-state index contributed by atoms with van der Waals surface area (Å²) in [5, 5.41) is 8.30. The Morgan fingerprint density at radius 2 is 1.69 bits per heavy atom. The number of carbonyl (C=O) groups is 2. The van der Waals surface area contributed by atoms with Crippen molar-refractivity contribution in [2.75, 3.05) is 17.7 Å². The lowest BCUT2D eigenvalue weighted by molar-refractivity contribution is -0.116. The molecule has 0 aliphatic rings. The Morgan fingerprint density at radius 3 is 2.31 bits per heavy atom. The molecule has 1 aromatic heterocycles. The summed E-state index contributed by atoms with van der Waals surface area (Å²) >= 11 is 1.36. The van der Waals surface area contributed by atoms with E-state index in [0.717, 1.165) is 11.1 Å². The van der Waals surface area contributed by atoms with Crippen LogP contribution in [0.4, 0.5) is 10.7 Å². The van der Waals surface area contributed by atoms with E-state index < -0.39 is 0 Å². The van der Waals surface area contributed by atoms with Gasteiger partial charge in [-0.05, 0) is 35.7 Å². The van der Waals surface area contributed by atoms with Crippen LogP contribution in [0.5, 0.6) is 5.75 Å². The van der Waals surface area contributed by atoms with Crippen molar-refractivity contribution < 1.29 is 14.3 Å². The van der Waals surface area contributed by atoms with Crippen LogP contribution >= 0.6 is 11.3 Å². The Labute approximate surface area is 174 Å². The van der Waals surface area contributed by atoms with Gasteiger partial charge in [0, 0.05) is 23.1 Å². The highest BCUT2D eigenvalue weighted by Gasteiger charge is 2.22. The number of carbonyl (C=O) groups excluding carboxylic acids is 2. The van der Waals surface area contributed by atoms with Crippen molar-refractivity contribution in [1.82, 2.24) is 0 Å². The Kier molecular flexibility index (Phi) is 6.67. The second-order valence-corrected chi connectivity index (χ2v) is 7.93. The van der Waals surface area contributed by atoms with E-state index in [2.05, 4.69) is 10.6 Å². The van der Waals surface area contributed by atoms with E-state index >= 15 is 0 Å². The molecule has 6 heteroatoms. The molecule has 150 valence electrons. The van der Waals surface area contributed by atoms with E-state index in [0.29, 0.717) is 28.4 Å². The number of methoxy groups -OCH3 is 1. The Bertz CT molecular complexity index is 979. The number of thiophene rings is 1. The van der Waals surface area contributed by atoms with Crippen molar-refractivity contribution in [3.05, 3.63) is 65.5 Å². The highest BCUT2D eigenvalue weighted by atomic mass is 32.1. The number of nitrogens with one attached hydrogen (secondary N) is 2. The van der Waals surface area contributed by atoms with Crippen molar-refractivity contribution in [2.45, 2.75) is 20.3 Å². The zero-order chi connectivity index (χ0) is 20.8. The quantitative estimate of drug-likeness (QED) is 0.530. The number of hydrogen-bond acceptors (Lipinski definition) is 4. The second kappa shape index (κ2) is 9.39. The van der Waals surface area contributed by atoms with Gasteiger partial charge in [0.1, 0.15) is 10.8 Å². The molecule has 0 aliphatic heterocycles. The highest BCUT2D eigenvalue weighted by Crippen LogP contribution is 2.36. The van der Waals surface area contributed by atoms with Crippen LogP contribution in [0.1, 0.15) is 30.6 Å². The molecule has 0 atom stereocenters. The minimum Gasteiger partial charge on any atom is -0.497 e. The first-order valence-electron chi connectivity index (χ1n) is 9.40. The van der Waals surface area contributed by atoms with Crippen molar-refractivity contribution in [3.8, 4) is 16.9 Å². The fourth-order valence-corrected chi connectivity index (χ4v) is 3.90. The first-order chi connectivity index (χ1) is 14.0. The minimum atomic E-state index is -0.268. The number of ether oxygens (including phenoxy) is 1. The van der Waals surface area contributed by atoms with Crippen LogP contribution in [0.3, 0.4) is 0 Å². The van der Waals surface area contributed by atoms with E-state index in [1.807, 2.05) is 49.6 Å². The van der Waals surface area contributed by atoms with E-state index in [-0.39, 0.29) is 17.7 Å². The number of benzene rings is 2. The molecule has 29 heavy (non-hydrogen) atoms. The Balaban J connectivity index is 1.93. The van der Waals surface area contributed by atoms with Crippen LogP contribution in [0.2, 0.25) is 0 Å². The predicted octanol–water partition coefficient (Wildman–Crippen LogP) is 5.66. The van der Waals surface area contributed by atoms with Crippen LogP contribution in [0.25, 0.3) is 11.1 Å². The summed E-state index contributed by atoms with van der Waals surface area (Å²) in [6.07, 6.45) is 0.401. The SMILES string of the molecule is COc1ccc(NC(=O)c2c(-c3ccccc3)csc2NC(=O)CC(C)C)cc1. The zero-order valence-corrected chi connectivity index (χ0v) is 17.5. The molecule has 0 fully saturated rings. The maximum Gasteiger partial charge on any atom is 0.259 e. The van der Waals surface area contributed by atoms with Gasteiger partial charge in [0.05, 0.1) is 12.7 Å². The fraction of sp³-hybridized carbons (Fsp3) is 0.217. The monoisotopic (exact) mass is 408 g/mol. The van der Waals surface area contributed by atoms with Crippen LogP contribution in [0.15, 0.2) is 60.0 Å². The van der Waals surface area contributed by atoms with E-state index in [1.165, 1.54) is 11.3 Å². The topological polar surface area (TPSA) is 67.4 Å². The summed E-state index contributed by atoms with van der Waals surface area (Å²) in [7, 11) is 1.59. The third-order valence-electron chi connectivity index (χ3n) is 4.30. The second-order valence-electron chi connectivity index (χ2n) is 7.05. The molecule has 2 aromatic carbocycles. The van der Waals surface area contributed by atoms with Crippen LogP contribution < -0.4 is 15.4 Å². The van der Waals surface area contributed by atoms with Gasteiger partial charge in [0.2, 0.25) is 5.91 Å². The molecule has 2 N–H and O–H groups in total. The molecule has 0 saturated heterocycles. The maximum absolute atomic E-state index is 13.2. The largest absolute Gasteiger partial charge is 0.497 e. The molecular formula is C23H24N2O3S. The molecule has 0 radical (unpaired) electrons. The first kappa shape index (κ1) is 20.6. The normalized spacial score (nSPS) is 10.6. The van der Waals surface area contributed by atoms with Gasteiger partial charge >= 0.3 is 0 Å². The molecule has 5 nitrogen and oxygen atoms in total. The average Bonchev–Trinajstić information content (AvgIpc) is 3.12. The molecule has 0 saturated carbocycles. The van der Waals surface area contributed by atoms with Crippen molar-refractivity contribution in [2.24, 2.45) is 5.92 Å². The van der Waals surface area contributed by atoms with Gasteiger partial charge < -0.3 is 15.4 Å². The van der Waals surface area contributed by atoms with E-state index in [9.17, 15) is 9.59 Å². The lowest BCUT2D eigenvalue weighted by Gasteiger charge is -2.11. The molecule has 0 bridgehead atoms. The number of amides is 2. The van der Waals surface area contributed by atoms with Gasteiger partial charge in [0.25, 0.3) is 5.91 Å². The van der Waals surface area contributed by atoms with Crippen LogP contribution in [-0.2, 0) is 4.79 Å². The molecule has 0 spiro atoms. The molecule has 3 rings (SSSR count). The smallest absolute Gasteiger partial charge is 0.259 e. The van der Waals surface area contributed by atoms with E-state index in [1.54, 1.807) is 31.4 Å². The predicted molar refractivity (Wildman–Crippen MR) is 119 cm³/mol. The fourth-order valence-electron chi connectivity index (χ4n) is 2.92. The molecule has 3 aromatic rings. The molecular weight excluding hydrogens is 384 g/mol. The molecule has 0 unspecified atom stereocenters. The first-order valence-corrected chi connectivity index (χ1v) is 10.3. The number of rotatable bonds is 7. The lowest BCUT2D eigenvalue weighted by Crippen LogP contribution is -2.18. The summed E-state index contributed by atoms with van der Waals surface area (Å²) in [6.45, 7) is 3.97. The summed E-state index contributed by atoms with van der Waals surface area (Å²) in [5.41, 5.74) is 2.84. The summed E-state index contributed by atoms with van der Waals surface area (Å²) in [5.74, 6) is 0.584. The Hall–Kier alpha value is -3.12. The third kappa shape index (κ3) is 5.23. The van der Waals surface area contributed by atoms with Gasteiger partial charge in [0.15, 0.2) is 0 Å². The van der Waals surface area contributed by atoms with Gasteiger partial charge in [-0.3, -0.25) is 9.59 Å². The minimum absolute atomic E-state index is 0.0973. The molecule has 1 heterocycles. The third-order valence-corrected chi connectivity index (χ3v) is 5.19.